The molecule has 0 amide bonds. The molecule has 1 aromatic rings. The molecule has 3 N–H and O–H groups in total. The smallest absolute Gasteiger partial charge is 0.202 e. The van der Waals surface area contributed by atoms with Crippen molar-refractivity contribution in [2.45, 2.75) is 19.8 Å². The molecule has 0 radical (unpaired) electrons. The summed E-state index contributed by atoms with van der Waals surface area (Å²) >= 11 is 1.40. The van der Waals surface area contributed by atoms with Gasteiger partial charge in [0, 0.05) is 30.5 Å². The van der Waals surface area contributed by atoms with Crippen molar-refractivity contribution in [3.05, 3.63) is 18.0 Å². The van der Waals surface area contributed by atoms with Crippen LogP contribution in [0.15, 0.2) is 12.2 Å². The van der Waals surface area contributed by atoms with Gasteiger partial charge in [-0.15, -0.1) is 0 Å². The molecule has 0 saturated carbocycles. The predicted molar refractivity (Wildman–Crippen MR) is 60.7 cm³/mol. The summed E-state index contributed by atoms with van der Waals surface area (Å²) in [5, 5.41) is 4.03. The molecule has 1 aromatic heterocycles. The van der Waals surface area contributed by atoms with Gasteiger partial charge in [0.05, 0.1) is 0 Å². The minimum absolute atomic E-state index is 0.390. The summed E-state index contributed by atoms with van der Waals surface area (Å²) in [4.78, 5) is 4.34. The van der Waals surface area contributed by atoms with Gasteiger partial charge < -0.3 is 11.1 Å². The van der Waals surface area contributed by atoms with E-state index in [1.807, 2.05) is 12.2 Å². The Balaban J connectivity index is 2.40. The Morgan fingerprint density at radius 1 is 1.50 bits per heavy atom. The molecule has 78 valence electrons. The van der Waals surface area contributed by atoms with Crippen LogP contribution in [0.2, 0.25) is 0 Å². The Kier molecular flexibility index (Phi) is 4.55. The third-order valence-electron chi connectivity index (χ3n) is 1.63. The number of nitrogens with one attached hydrogen (secondary N) is 1. The molecule has 4 nitrogen and oxygen atoms in total. The first-order valence-corrected chi connectivity index (χ1v) is 5.44. The molecular formula is C9H16N4S. The zero-order valence-electron chi connectivity index (χ0n) is 8.53. The molecule has 0 aliphatic heterocycles. The van der Waals surface area contributed by atoms with E-state index in [2.05, 4.69) is 28.5 Å². The van der Waals surface area contributed by atoms with E-state index >= 15 is 0 Å². The highest BCUT2D eigenvalue weighted by Crippen LogP contribution is 2.16. The van der Waals surface area contributed by atoms with Crippen LogP contribution in [-0.2, 0) is 0 Å². The molecular weight excluding hydrogens is 196 g/mol. The molecule has 0 fully saturated rings. The van der Waals surface area contributed by atoms with Crippen LogP contribution in [0.25, 0.3) is 0 Å². The highest BCUT2D eigenvalue weighted by Gasteiger charge is 2.05. The summed E-state index contributed by atoms with van der Waals surface area (Å²) in [6.45, 7) is 5.50. The number of anilines is 1. The molecule has 1 rings (SSSR count). The number of aromatic nitrogens is 2. The van der Waals surface area contributed by atoms with E-state index in [-0.39, 0.29) is 0 Å². The molecule has 0 unspecified atom stereocenters. The van der Waals surface area contributed by atoms with Crippen molar-refractivity contribution in [1.29, 1.82) is 0 Å². The maximum absolute atomic E-state index is 5.31. The summed E-state index contributed by atoms with van der Waals surface area (Å²) < 4.78 is 4.23. The molecule has 5 heteroatoms. The van der Waals surface area contributed by atoms with Crippen LogP contribution in [-0.4, -0.2) is 22.4 Å². The lowest BCUT2D eigenvalue weighted by molar-refractivity contribution is 0.799. The fourth-order valence-corrected chi connectivity index (χ4v) is 1.58. The Morgan fingerprint density at radius 2 is 2.29 bits per heavy atom. The Labute approximate surface area is 88.4 Å². The maximum atomic E-state index is 5.31. The van der Waals surface area contributed by atoms with E-state index in [4.69, 9.17) is 5.73 Å². The first-order chi connectivity index (χ1) is 6.74. The Hall–Kier alpha value is -0.940. The standard InChI is InChI=1S/C9H16N4S/c1-7(2)8-12-9(14-13-8)11-6-4-3-5-10/h3-4,7H,5-6,10H2,1-2H3,(H,11,12,13)/b4-3+. The monoisotopic (exact) mass is 212 g/mol. The topological polar surface area (TPSA) is 63.8 Å². The maximum Gasteiger partial charge on any atom is 0.202 e. The van der Waals surface area contributed by atoms with Crippen LogP contribution in [0, 0.1) is 0 Å². The van der Waals surface area contributed by atoms with Crippen molar-refractivity contribution in [3.63, 3.8) is 0 Å². The second-order valence-corrected chi connectivity index (χ2v) is 3.95. The predicted octanol–water partition coefficient (Wildman–Crippen LogP) is 1.59. The second kappa shape index (κ2) is 5.72. The average Bonchev–Trinajstić information content (AvgIpc) is 2.61. The van der Waals surface area contributed by atoms with Gasteiger partial charge >= 0.3 is 0 Å². The van der Waals surface area contributed by atoms with Crippen LogP contribution in [0.1, 0.15) is 25.6 Å². The average molecular weight is 212 g/mol. The quantitative estimate of drug-likeness (QED) is 0.727. The lowest BCUT2D eigenvalue weighted by Gasteiger charge is -1.96. The molecule has 0 atom stereocenters. The van der Waals surface area contributed by atoms with Gasteiger partial charge in [0.1, 0.15) is 5.82 Å². The van der Waals surface area contributed by atoms with E-state index in [0.29, 0.717) is 12.5 Å². The fourth-order valence-electron chi connectivity index (χ4n) is 0.867. The molecule has 0 spiro atoms. The number of rotatable bonds is 5. The van der Waals surface area contributed by atoms with Crippen LogP contribution in [0.4, 0.5) is 5.13 Å². The van der Waals surface area contributed by atoms with E-state index in [0.717, 1.165) is 17.5 Å². The van der Waals surface area contributed by atoms with Crippen LogP contribution >= 0.6 is 11.5 Å². The number of nitrogens with two attached hydrogens (primary N) is 1. The van der Waals surface area contributed by atoms with Gasteiger partial charge in [0.25, 0.3) is 0 Å². The molecule has 0 saturated heterocycles. The van der Waals surface area contributed by atoms with Crippen molar-refractivity contribution >= 4 is 16.7 Å². The molecule has 0 aliphatic rings. The lowest BCUT2D eigenvalue weighted by Crippen LogP contribution is -2.00. The van der Waals surface area contributed by atoms with E-state index in [9.17, 15) is 0 Å². The third-order valence-corrected chi connectivity index (χ3v) is 2.32. The van der Waals surface area contributed by atoms with Crippen molar-refractivity contribution in [2.24, 2.45) is 5.73 Å². The van der Waals surface area contributed by atoms with Gasteiger partial charge in [-0.2, -0.15) is 4.37 Å². The third kappa shape index (κ3) is 3.43. The van der Waals surface area contributed by atoms with Crippen molar-refractivity contribution < 1.29 is 0 Å². The first kappa shape index (κ1) is 11.1. The summed E-state index contributed by atoms with van der Waals surface area (Å²) in [6, 6.07) is 0. The normalized spacial score (nSPS) is 11.4. The van der Waals surface area contributed by atoms with Gasteiger partial charge in [-0.1, -0.05) is 26.0 Å². The fraction of sp³-hybridized carbons (Fsp3) is 0.556. The zero-order valence-corrected chi connectivity index (χ0v) is 9.34. The van der Waals surface area contributed by atoms with E-state index < -0.39 is 0 Å². The second-order valence-electron chi connectivity index (χ2n) is 3.20. The number of hydrogen-bond acceptors (Lipinski definition) is 5. The van der Waals surface area contributed by atoms with E-state index in [1.54, 1.807) is 0 Å². The highest BCUT2D eigenvalue weighted by atomic mass is 32.1. The zero-order chi connectivity index (χ0) is 10.4. The van der Waals surface area contributed by atoms with Gasteiger partial charge in [0.2, 0.25) is 5.13 Å². The largest absolute Gasteiger partial charge is 0.357 e. The van der Waals surface area contributed by atoms with Crippen molar-refractivity contribution in [1.82, 2.24) is 9.36 Å². The van der Waals surface area contributed by atoms with Crippen molar-refractivity contribution in [3.8, 4) is 0 Å². The van der Waals surface area contributed by atoms with Crippen LogP contribution < -0.4 is 11.1 Å². The van der Waals surface area contributed by atoms with E-state index in [1.165, 1.54) is 11.5 Å². The molecule has 1 heterocycles. The molecule has 0 bridgehead atoms. The summed E-state index contributed by atoms with van der Waals surface area (Å²) in [5.41, 5.74) is 5.31. The lowest BCUT2D eigenvalue weighted by atomic mass is 10.2. The van der Waals surface area contributed by atoms with Crippen molar-refractivity contribution in [2.75, 3.05) is 18.4 Å². The highest BCUT2D eigenvalue weighted by molar-refractivity contribution is 7.09. The Morgan fingerprint density at radius 3 is 2.86 bits per heavy atom. The Bertz CT molecular complexity index is 293. The SMILES string of the molecule is CC(C)c1nsc(NC/C=C/CN)n1. The van der Waals surface area contributed by atoms with Crippen LogP contribution in [0.5, 0.6) is 0 Å². The summed E-state index contributed by atoms with van der Waals surface area (Å²) in [5.74, 6) is 1.29. The van der Waals surface area contributed by atoms with Gasteiger partial charge in [0.15, 0.2) is 0 Å². The summed E-state index contributed by atoms with van der Waals surface area (Å²) in [7, 11) is 0. The van der Waals surface area contributed by atoms with Crippen LogP contribution in [0.3, 0.4) is 0 Å². The molecule has 0 aliphatic carbocycles. The van der Waals surface area contributed by atoms with Gasteiger partial charge in [-0.3, -0.25) is 0 Å². The molecule has 0 aromatic carbocycles. The summed E-state index contributed by atoms with van der Waals surface area (Å²) in [6.07, 6.45) is 3.90. The minimum atomic E-state index is 0.390. The van der Waals surface area contributed by atoms with Gasteiger partial charge in [-0.05, 0) is 0 Å². The minimum Gasteiger partial charge on any atom is -0.357 e. The first-order valence-electron chi connectivity index (χ1n) is 4.66. The number of hydrogen-bond donors (Lipinski definition) is 2. The number of nitrogens with zero attached hydrogens (tertiary/aromatic N) is 2. The molecule has 14 heavy (non-hydrogen) atoms. The van der Waals surface area contributed by atoms with Gasteiger partial charge in [-0.25, -0.2) is 4.98 Å².